The van der Waals surface area contributed by atoms with Gasteiger partial charge in [0, 0.05) is 49.3 Å². The fourth-order valence-electron chi connectivity index (χ4n) is 1.78. The van der Waals surface area contributed by atoms with Crippen molar-refractivity contribution in [3.05, 3.63) is 27.7 Å². The molecule has 12 heteroatoms. The molecule has 2 N–H and O–H groups in total. The molecule has 0 spiro atoms. The minimum atomic E-state index is -4.38. The first-order valence-corrected chi connectivity index (χ1v) is 10.2. The van der Waals surface area contributed by atoms with Crippen LogP contribution in [0.2, 0.25) is 0 Å². The summed E-state index contributed by atoms with van der Waals surface area (Å²) in [5.74, 6) is 1.59. The number of hydrogen-bond acceptors (Lipinski definition) is 6. The standard InChI is InChI=1S/C14H18F3N5S3.HI/c1-18-12(19-4-2-7-23-13-21-6-8-24-13)20-5-3-11-22-10(9-25-11)14(15,16)17;/h6,8-9H,2-5,7H2,1H3,(H2,18,19,20);1H. The number of aromatic nitrogens is 2. The van der Waals surface area contributed by atoms with Gasteiger partial charge in [0.15, 0.2) is 11.7 Å². The van der Waals surface area contributed by atoms with Gasteiger partial charge in [0.05, 0.1) is 5.01 Å². The predicted molar refractivity (Wildman–Crippen MR) is 113 cm³/mol. The molecule has 0 bridgehead atoms. The van der Waals surface area contributed by atoms with Gasteiger partial charge in [0.25, 0.3) is 0 Å². The van der Waals surface area contributed by atoms with Gasteiger partial charge in [-0.1, -0.05) is 11.8 Å². The molecule has 0 atom stereocenters. The number of halogens is 4. The van der Waals surface area contributed by atoms with E-state index in [1.165, 1.54) is 0 Å². The van der Waals surface area contributed by atoms with Crippen LogP contribution in [-0.2, 0) is 12.6 Å². The van der Waals surface area contributed by atoms with E-state index in [1.54, 1.807) is 36.3 Å². The minimum absolute atomic E-state index is 0. The third kappa shape index (κ3) is 8.39. The Hall–Kier alpha value is -0.600. The largest absolute Gasteiger partial charge is 0.434 e. The quantitative estimate of drug-likeness (QED) is 0.175. The predicted octanol–water partition coefficient (Wildman–Crippen LogP) is 4.13. The summed E-state index contributed by atoms with van der Waals surface area (Å²) in [5.41, 5.74) is -0.826. The number of aliphatic imine (C=N–C) groups is 1. The second-order valence-corrected chi connectivity index (χ2v) is 7.98. The van der Waals surface area contributed by atoms with Crippen LogP contribution in [0.15, 0.2) is 26.3 Å². The third-order valence-corrected chi connectivity index (χ3v) is 5.91. The van der Waals surface area contributed by atoms with E-state index in [2.05, 4.69) is 25.6 Å². The van der Waals surface area contributed by atoms with Gasteiger partial charge in [-0.15, -0.1) is 46.7 Å². The topological polar surface area (TPSA) is 62.2 Å². The molecule has 146 valence electrons. The molecular formula is C14H19F3IN5S3. The van der Waals surface area contributed by atoms with Gasteiger partial charge in [0.2, 0.25) is 0 Å². The summed E-state index contributed by atoms with van der Waals surface area (Å²) in [7, 11) is 1.66. The Balaban J connectivity index is 0.00000338. The number of thioether (sulfide) groups is 1. The van der Waals surface area contributed by atoms with E-state index in [4.69, 9.17) is 0 Å². The summed E-state index contributed by atoms with van der Waals surface area (Å²) < 4.78 is 38.5. The highest BCUT2D eigenvalue weighted by atomic mass is 127. The Labute approximate surface area is 179 Å². The summed E-state index contributed by atoms with van der Waals surface area (Å²) in [5, 5.41) is 9.70. The van der Waals surface area contributed by atoms with Crippen molar-refractivity contribution in [3.63, 3.8) is 0 Å². The minimum Gasteiger partial charge on any atom is -0.356 e. The maximum atomic E-state index is 12.5. The maximum absolute atomic E-state index is 12.5. The Bertz CT molecular complexity index is 661. The number of alkyl halides is 3. The zero-order valence-corrected chi connectivity index (χ0v) is 18.7. The molecule has 0 amide bonds. The molecule has 26 heavy (non-hydrogen) atoms. The molecule has 0 fully saturated rings. The molecule has 2 rings (SSSR count). The fraction of sp³-hybridized carbons (Fsp3) is 0.500. The molecule has 0 saturated carbocycles. The SMILES string of the molecule is CN=C(NCCCSc1nccs1)NCCc1nc(C(F)(F)F)cs1.I. The van der Waals surface area contributed by atoms with Gasteiger partial charge in [-0.2, -0.15) is 13.2 Å². The number of nitrogens with zero attached hydrogens (tertiary/aromatic N) is 3. The first kappa shape index (κ1) is 23.4. The molecular weight excluding hydrogens is 518 g/mol. The smallest absolute Gasteiger partial charge is 0.356 e. The molecule has 0 aliphatic rings. The summed E-state index contributed by atoms with van der Waals surface area (Å²) in [6.07, 6.45) is -1.22. The van der Waals surface area contributed by atoms with E-state index < -0.39 is 11.9 Å². The van der Waals surface area contributed by atoms with Crippen molar-refractivity contribution >= 4 is 64.4 Å². The second kappa shape index (κ2) is 12.0. The Morgan fingerprint density at radius 3 is 2.65 bits per heavy atom. The highest BCUT2D eigenvalue weighted by Crippen LogP contribution is 2.30. The average Bonchev–Trinajstić information content (AvgIpc) is 3.24. The molecule has 0 unspecified atom stereocenters. The van der Waals surface area contributed by atoms with E-state index in [9.17, 15) is 13.2 Å². The van der Waals surface area contributed by atoms with Crippen LogP contribution >= 0.6 is 58.4 Å². The lowest BCUT2D eigenvalue weighted by molar-refractivity contribution is -0.140. The lowest BCUT2D eigenvalue weighted by Gasteiger charge is -2.11. The summed E-state index contributed by atoms with van der Waals surface area (Å²) in [6, 6.07) is 0. The zero-order valence-electron chi connectivity index (χ0n) is 13.9. The van der Waals surface area contributed by atoms with Crippen LogP contribution in [0.4, 0.5) is 13.2 Å². The fourth-order valence-corrected chi connectivity index (χ4v) is 4.24. The van der Waals surface area contributed by atoms with E-state index in [0.29, 0.717) is 23.9 Å². The van der Waals surface area contributed by atoms with Crippen LogP contribution in [-0.4, -0.2) is 41.8 Å². The van der Waals surface area contributed by atoms with Crippen molar-refractivity contribution in [3.8, 4) is 0 Å². The number of nitrogens with one attached hydrogen (secondary N) is 2. The average molecular weight is 537 g/mol. The molecule has 2 aromatic heterocycles. The van der Waals surface area contributed by atoms with E-state index in [0.717, 1.165) is 39.8 Å². The number of hydrogen-bond donors (Lipinski definition) is 2. The molecule has 2 heterocycles. The highest BCUT2D eigenvalue weighted by Gasteiger charge is 2.33. The first-order chi connectivity index (χ1) is 12.0. The Morgan fingerprint density at radius 2 is 2.04 bits per heavy atom. The molecule has 2 aromatic rings. The van der Waals surface area contributed by atoms with Crippen LogP contribution in [0.5, 0.6) is 0 Å². The maximum Gasteiger partial charge on any atom is 0.434 e. The van der Waals surface area contributed by atoms with Crippen molar-refractivity contribution in [2.24, 2.45) is 4.99 Å². The van der Waals surface area contributed by atoms with Crippen LogP contribution < -0.4 is 10.6 Å². The van der Waals surface area contributed by atoms with Crippen molar-refractivity contribution in [2.45, 2.75) is 23.4 Å². The van der Waals surface area contributed by atoms with Crippen molar-refractivity contribution < 1.29 is 13.2 Å². The first-order valence-electron chi connectivity index (χ1n) is 7.47. The lowest BCUT2D eigenvalue weighted by atomic mass is 10.4. The number of thiazole rings is 2. The second-order valence-electron chi connectivity index (χ2n) is 4.80. The van der Waals surface area contributed by atoms with Crippen molar-refractivity contribution in [1.29, 1.82) is 0 Å². The number of guanidine groups is 1. The van der Waals surface area contributed by atoms with Gasteiger partial charge in [0.1, 0.15) is 4.34 Å². The van der Waals surface area contributed by atoms with Gasteiger partial charge in [-0.3, -0.25) is 4.99 Å². The molecule has 0 aromatic carbocycles. The summed E-state index contributed by atoms with van der Waals surface area (Å²) >= 11 is 4.36. The normalized spacial score (nSPS) is 11.9. The summed E-state index contributed by atoms with van der Waals surface area (Å²) in [4.78, 5) is 11.9. The van der Waals surface area contributed by atoms with Gasteiger partial charge in [-0.25, -0.2) is 9.97 Å². The van der Waals surface area contributed by atoms with Crippen molar-refractivity contribution in [2.75, 3.05) is 25.9 Å². The van der Waals surface area contributed by atoms with E-state index >= 15 is 0 Å². The van der Waals surface area contributed by atoms with Crippen LogP contribution in [0.25, 0.3) is 0 Å². The van der Waals surface area contributed by atoms with Crippen molar-refractivity contribution in [1.82, 2.24) is 20.6 Å². The summed E-state index contributed by atoms with van der Waals surface area (Å²) in [6.45, 7) is 1.23. The molecule has 0 radical (unpaired) electrons. The molecule has 5 nitrogen and oxygen atoms in total. The van der Waals surface area contributed by atoms with Gasteiger partial charge < -0.3 is 10.6 Å². The zero-order chi connectivity index (χ0) is 18.1. The molecule has 0 aliphatic heterocycles. The monoisotopic (exact) mass is 537 g/mol. The number of rotatable bonds is 8. The van der Waals surface area contributed by atoms with Crippen LogP contribution in [0.1, 0.15) is 17.1 Å². The van der Waals surface area contributed by atoms with Crippen LogP contribution in [0, 0.1) is 0 Å². The Morgan fingerprint density at radius 1 is 1.27 bits per heavy atom. The Kier molecular flexibility index (Phi) is 10.8. The third-order valence-electron chi connectivity index (χ3n) is 2.95. The lowest BCUT2D eigenvalue weighted by Crippen LogP contribution is -2.38. The highest BCUT2D eigenvalue weighted by molar-refractivity contribution is 14.0. The van der Waals surface area contributed by atoms with Gasteiger partial charge >= 0.3 is 6.18 Å². The molecule has 0 saturated heterocycles. The van der Waals surface area contributed by atoms with E-state index in [1.807, 2.05) is 5.38 Å². The van der Waals surface area contributed by atoms with Crippen LogP contribution in [0.3, 0.4) is 0 Å². The van der Waals surface area contributed by atoms with E-state index in [-0.39, 0.29) is 24.0 Å². The van der Waals surface area contributed by atoms with Gasteiger partial charge in [-0.05, 0) is 6.42 Å². The molecule has 0 aliphatic carbocycles.